The Morgan fingerprint density at radius 2 is 0.644 bits per heavy atom. The van der Waals surface area contributed by atoms with Crippen LogP contribution in [-0.4, -0.2) is 8.07 Å². The van der Waals surface area contributed by atoms with Gasteiger partial charge in [-0.25, -0.2) is 4.39 Å². The van der Waals surface area contributed by atoms with Gasteiger partial charge in [-0.2, -0.15) is 0 Å². The standard InChI is InChI=1S/C42H30ClFSi/c43-42-40(44)17-10-18-41(42)45(37-25-19-34(20-26-37)31-11-4-1-5-12-31,38-27-21-35(22-28-38)32-13-6-2-7-14-32)39-29-23-36(24-30-39)33-15-8-3-9-16-33/h1-30H. The first kappa shape index (κ1) is 28.7. The Bertz CT molecular complexity index is 1820. The van der Waals surface area contributed by atoms with Crippen LogP contribution in [0.1, 0.15) is 0 Å². The van der Waals surface area contributed by atoms with Gasteiger partial charge in [-0.1, -0.05) is 188 Å². The Morgan fingerprint density at radius 1 is 0.333 bits per heavy atom. The Balaban J connectivity index is 1.48. The van der Waals surface area contributed by atoms with Crippen molar-refractivity contribution in [1.82, 2.24) is 0 Å². The quantitative estimate of drug-likeness (QED) is 0.124. The van der Waals surface area contributed by atoms with Gasteiger partial charge in [0.05, 0.1) is 5.02 Å². The minimum atomic E-state index is -3.12. The Kier molecular flexibility index (Phi) is 8.00. The molecule has 0 amide bonds. The van der Waals surface area contributed by atoms with Crippen LogP contribution in [0.5, 0.6) is 0 Å². The molecule has 0 spiro atoms. The molecule has 0 aliphatic carbocycles. The fourth-order valence-electron chi connectivity index (χ4n) is 6.39. The van der Waals surface area contributed by atoms with Gasteiger partial charge in [0.25, 0.3) is 0 Å². The van der Waals surface area contributed by atoms with Gasteiger partial charge < -0.3 is 0 Å². The van der Waals surface area contributed by atoms with Crippen molar-refractivity contribution in [3.05, 3.63) is 193 Å². The van der Waals surface area contributed by atoms with E-state index in [1.54, 1.807) is 6.07 Å². The topological polar surface area (TPSA) is 0 Å². The zero-order valence-corrected chi connectivity index (χ0v) is 26.3. The van der Waals surface area contributed by atoms with E-state index in [2.05, 4.69) is 146 Å². The predicted molar refractivity (Wildman–Crippen MR) is 191 cm³/mol. The molecule has 0 unspecified atom stereocenters. The van der Waals surface area contributed by atoms with Crippen LogP contribution in [0.4, 0.5) is 4.39 Å². The molecule has 7 aromatic rings. The van der Waals surface area contributed by atoms with E-state index in [0.29, 0.717) is 0 Å². The largest absolute Gasteiger partial charge is 0.205 e. The number of halogens is 2. The van der Waals surface area contributed by atoms with Gasteiger partial charge in [-0.3, -0.25) is 0 Å². The summed E-state index contributed by atoms with van der Waals surface area (Å²) in [5, 5.41) is 4.41. The van der Waals surface area contributed by atoms with E-state index >= 15 is 4.39 Å². The second-order valence-corrected chi connectivity index (χ2v) is 15.3. The van der Waals surface area contributed by atoms with Crippen molar-refractivity contribution in [3.63, 3.8) is 0 Å². The molecule has 0 atom stereocenters. The van der Waals surface area contributed by atoms with Crippen LogP contribution in [0.25, 0.3) is 33.4 Å². The van der Waals surface area contributed by atoms with Crippen LogP contribution in [-0.2, 0) is 0 Å². The maximum Gasteiger partial charge on any atom is 0.181 e. The van der Waals surface area contributed by atoms with Crippen LogP contribution in [0.3, 0.4) is 0 Å². The highest BCUT2D eigenvalue weighted by atomic mass is 35.5. The Morgan fingerprint density at radius 3 is 0.978 bits per heavy atom. The zero-order chi connectivity index (χ0) is 30.6. The average Bonchev–Trinajstić information content (AvgIpc) is 3.12. The fraction of sp³-hybridized carbons (Fsp3) is 0. The third kappa shape index (κ3) is 5.44. The summed E-state index contributed by atoms with van der Waals surface area (Å²) in [5.41, 5.74) is 6.85. The van der Waals surface area contributed by atoms with Gasteiger partial charge in [-0.05, 0) is 60.2 Å². The molecular formula is C42H30ClFSi. The summed E-state index contributed by atoms with van der Waals surface area (Å²) in [7, 11) is -3.12. The van der Waals surface area contributed by atoms with Gasteiger partial charge in [0.15, 0.2) is 8.07 Å². The van der Waals surface area contributed by atoms with Crippen LogP contribution >= 0.6 is 11.6 Å². The van der Waals surface area contributed by atoms with Gasteiger partial charge in [0.2, 0.25) is 0 Å². The van der Waals surface area contributed by atoms with Gasteiger partial charge >= 0.3 is 0 Å². The average molecular weight is 617 g/mol. The molecule has 0 heterocycles. The van der Waals surface area contributed by atoms with E-state index in [1.807, 2.05) is 24.3 Å². The molecule has 0 radical (unpaired) electrons. The van der Waals surface area contributed by atoms with Crippen LogP contribution in [0.15, 0.2) is 182 Å². The molecule has 0 saturated carbocycles. The zero-order valence-electron chi connectivity index (χ0n) is 24.6. The van der Waals surface area contributed by atoms with Crippen LogP contribution in [0.2, 0.25) is 5.02 Å². The monoisotopic (exact) mass is 616 g/mol. The first-order chi connectivity index (χ1) is 22.1. The highest BCUT2D eigenvalue weighted by Gasteiger charge is 2.43. The molecule has 3 heteroatoms. The van der Waals surface area contributed by atoms with E-state index in [9.17, 15) is 0 Å². The summed E-state index contributed by atoms with van der Waals surface area (Å²) in [6.07, 6.45) is 0. The molecule has 45 heavy (non-hydrogen) atoms. The van der Waals surface area contributed by atoms with Crippen molar-refractivity contribution >= 4 is 40.4 Å². The maximum absolute atomic E-state index is 15.4. The van der Waals surface area contributed by atoms with Crippen molar-refractivity contribution in [3.8, 4) is 33.4 Å². The predicted octanol–water partition coefficient (Wildman–Crippen LogP) is 8.86. The number of benzene rings is 7. The van der Waals surface area contributed by atoms with Crippen LogP contribution < -0.4 is 20.7 Å². The lowest BCUT2D eigenvalue weighted by Gasteiger charge is -2.35. The summed E-state index contributed by atoms with van der Waals surface area (Å²) < 4.78 is 15.4. The fourth-order valence-corrected chi connectivity index (χ4v) is 11.7. The molecule has 0 aromatic heterocycles. The molecule has 0 aliphatic rings. The summed E-state index contributed by atoms with van der Waals surface area (Å²) in [5.74, 6) is -0.409. The minimum absolute atomic E-state index is 0.176. The summed E-state index contributed by atoms with van der Waals surface area (Å²) >= 11 is 6.97. The molecule has 0 fully saturated rings. The van der Waals surface area contributed by atoms with Gasteiger partial charge in [-0.15, -0.1) is 0 Å². The summed E-state index contributed by atoms with van der Waals surface area (Å²) in [6.45, 7) is 0. The first-order valence-electron chi connectivity index (χ1n) is 15.1. The molecule has 0 N–H and O–H groups in total. The number of rotatable bonds is 7. The third-order valence-corrected chi connectivity index (χ3v) is 14.0. The lowest BCUT2D eigenvalue weighted by Crippen LogP contribution is -2.75. The molecule has 0 nitrogen and oxygen atoms in total. The molecule has 7 aromatic carbocycles. The second kappa shape index (κ2) is 12.5. The highest BCUT2D eigenvalue weighted by molar-refractivity contribution is 7.20. The third-order valence-electron chi connectivity index (χ3n) is 8.63. The van der Waals surface area contributed by atoms with Gasteiger partial charge in [0, 0.05) is 0 Å². The van der Waals surface area contributed by atoms with E-state index in [0.717, 1.165) is 54.1 Å². The first-order valence-corrected chi connectivity index (χ1v) is 17.4. The van der Waals surface area contributed by atoms with Crippen molar-refractivity contribution in [1.29, 1.82) is 0 Å². The Hall–Kier alpha value is -5.02. The molecular weight excluding hydrogens is 587 g/mol. The maximum atomic E-state index is 15.4. The smallest absolute Gasteiger partial charge is 0.181 e. The van der Waals surface area contributed by atoms with E-state index < -0.39 is 13.9 Å². The Labute approximate surface area is 270 Å². The number of hydrogen-bond donors (Lipinski definition) is 0. The van der Waals surface area contributed by atoms with E-state index in [4.69, 9.17) is 11.6 Å². The molecule has 7 rings (SSSR count). The van der Waals surface area contributed by atoms with Gasteiger partial charge in [0.1, 0.15) is 5.82 Å². The summed E-state index contributed by atoms with van der Waals surface area (Å²) in [4.78, 5) is 0. The number of hydrogen-bond acceptors (Lipinski definition) is 0. The van der Waals surface area contributed by atoms with E-state index in [-0.39, 0.29) is 5.02 Å². The van der Waals surface area contributed by atoms with Crippen molar-refractivity contribution in [2.45, 2.75) is 0 Å². The molecule has 0 aliphatic heterocycles. The molecule has 0 saturated heterocycles. The minimum Gasteiger partial charge on any atom is -0.205 e. The normalized spacial score (nSPS) is 11.3. The van der Waals surface area contributed by atoms with Crippen LogP contribution in [0, 0.1) is 5.82 Å². The van der Waals surface area contributed by atoms with E-state index in [1.165, 1.54) is 6.07 Å². The van der Waals surface area contributed by atoms with Crippen molar-refractivity contribution < 1.29 is 4.39 Å². The van der Waals surface area contributed by atoms with Crippen molar-refractivity contribution in [2.24, 2.45) is 0 Å². The lowest BCUT2D eigenvalue weighted by atomic mass is 10.1. The molecule has 216 valence electrons. The molecule has 0 bridgehead atoms. The highest BCUT2D eigenvalue weighted by Crippen LogP contribution is 2.24. The van der Waals surface area contributed by atoms with Crippen molar-refractivity contribution in [2.75, 3.05) is 0 Å². The summed E-state index contributed by atoms with van der Waals surface area (Å²) in [6, 6.07) is 62.7. The second-order valence-electron chi connectivity index (χ2n) is 11.2. The SMILES string of the molecule is Fc1cccc([Si](c2ccc(-c3ccccc3)cc2)(c2ccc(-c3ccccc3)cc2)c2ccc(-c3ccccc3)cc2)c1Cl. The lowest BCUT2D eigenvalue weighted by molar-refractivity contribution is 0.629.